The van der Waals surface area contributed by atoms with E-state index >= 15 is 0 Å². The highest BCUT2D eigenvalue weighted by Gasteiger charge is 2.19. The van der Waals surface area contributed by atoms with Crippen LogP contribution in [0.15, 0.2) is 10.7 Å². The van der Waals surface area contributed by atoms with Gasteiger partial charge in [0.2, 0.25) is 5.91 Å². The van der Waals surface area contributed by atoms with Gasteiger partial charge in [-0.05, 0) is 29.8 Å². The first-order chi connectivity index (χ1) is 10.3. The number of carbonyl (C=O) groups excluding carboxylic acids is 1. The third-order valence-electron chi connectivity index (χ3n) is 3.49. The second-order valence-corrected chi connectivity index (χ2v) is 5.99. The normalized spacial score (nSPS) is 12.0. The van der Waals surface area contributed by atoms with Crippen LogP contribution in [0.25, 0.3) is 0 Å². The number of halogens is 1. The minimum atomic E-state index is -0.300. The molecule has 2 aromatic heterocycles. The zero-order valence-electron chi connectivity index (χ0n) is 12.9. The Bertz CT molecular complexity index is 754. The topological polar surface area (TPSA) is 88.5 Å². The molecule has 1 unspecified atom stereocenters. The highest BCUT2D eigenvalue weighted by molar-refractivity contribution is 9.10. The van der Waals surface area contributed by atoms with E-state index in [1.165, 1.54) is 10.9 Å². The van der Waals surface area contributed by atoms with Crippen molar-refractivity contribution >= 4 is 27.7 Å². The first-order valence-electron chi connectivity index (χ1n) is 6.77. The lowest BCUT2D eigenvalue weighted by Gasteiger charge is -2.13. The number of amides is 1. The summed E-state index contributed by atoms with van der Waals surface area (Å²) in [6, 6.07) is 2.01. The molecule has 0 fully saturated rings. The summed E-state index contributed by atoms with van der Waals surface area (Å²) in [6.45, 7) is 6.14. The Balaban J connectivity index is 2.11. The van der Waals surface area contributed by atoms with Crippen LogP contribution in [0.3, 0.4) is 0 Å². The predicted octanol–water partition coefficient (Wildman–Crippen LogP) is 2.14. The first kappa shape index (κ1) is 16.2. The van der Waals surface area contributed by atoms with Crippen molar-refractivity contribution in [3.05, 3.63) is 27.6 Å². The molecule has 116 valence electrons. The average Bonchev–Trinajstić information content (AvgIpc) is 2.95. The van der Waals surface area contributed by atoms with E-state index in [0.717, 1.165) is 15.9 Å². The number of hydrogen-bond donors (Lipinski definition) is 1. The van der Waals surface area contributed by atoms with Crippen LogP contribution in [0.5, 0.6) is 0 Å². The smallest absolute Gasteiger partial charge is 0.230 e. The van der Waals surface area contributed by atoms with Gasteiger partial charge in [-0.1, -0.05) is 6.92 Å². The molecule has 2 aromatic rings. The van der Waals surface area contributed by atoms with Crippen molar-refractivity contribution in [1.29, 1.82) is 5.26 Å². The number of nitrogens with one attached hydrogen (secondary N) is 1. The summed E-state index contributed by atoms with van der Waals surface area (Å²) in [5, 5.41) is 20.1. The van der Waals surface area contributed by atoms with Gasteiger partial charge in [0, 0.05) is 12.7 Å². The lowest BCUT2D eigenvalue weighted by Crippen LogP contribution is -2.26. The molecule has 2 rings (SSSR count). The molecular formula is C14H17BrN6O. The zero-order valence-corrected chi connectivity index (χ0v) is 14.5. The van der Waals surface area contributed by atoms with E-state index in [0.29, 0.717) is 17.9 Å². The van der Waals surface area contributed by atoms with Gasteiger partial charge in [-0.15, -0.1) is 0 Å². The quantitative estimate of drug-likeness (QED) is 0.899. The zero-order chi connectivity index (χ0) is 16.4. The number of hydrogen-bond acceptors (Lipinski definition) is 4. The maximum Gasteiger partial charge on any atom is 0.230 e. The van der Waals surface area contributed by atoms with Crippen LogP contribution < -0.4 is 5.32 Å². The van der Waals surface area contributed by atoms with Crippen molar-refractivity contribution in [2.75, 3.05) is 5.32 Å². The van der Waals surface area contributed by atoms with E-state index in [1.807, 2.05) is 26.8 Å². The predicted molar refractivity (Wildman–Crippen MR) is 85.1 cm³/mol. The molecule has 1 N–H and O–H groups in total. The fourth-order valence-electron chi connectivity index (χ4n) is 2.10. The number of aryl methyl sites for hydroxylation is 2. The summed E-state index contributed by atoms with van der Waals surface area (Å²) >= 11 is 3.47. The highest BCUT2D eigenvalue weighted by Crippen LogP contribution is 2.21. The monoisotopic (exact) mass is 364 g/mol. The molecule has 0 aliphatic rings. The molecule has 0 radical (unpaired) electrons. The maximum atomic E-state index is 12.3. The van der Waals surface area contributed by atoms with Gasteiger partial charge >= 0.3 is 0 Å². The molecule has 2 heterocycles. The van der Waals surface area contributed by atoms with E-state index in [2.05, 4.69) is 31.4 Å². The highest BCUT2D eigenvalue weighted by atomic mass is 79.9. The van der Waals surface area contributed by atoms with E-state index < -0.39 is 0 Å². The van der Waals surface area contributed by atoms with Crippen LogP contribution in [0.4, 0.5) is 5.82 Å². The Morgan fingerprint density at radius 1 is 1.55 bits per heavy atom. The molecule has 1 amide bonds. The molecule has 22 heavy (non-hydrogen) atoms. The van der Waals surface area contributed by atoms with E-state index in [4.69, 9.17) is 5.26 Å². The summed E-state index contributed by atoms with van der Waals surface area (Å²) in [7, 11) is 1.68. The molecule has 1 atom stereocenters. The van der Waals surface area contributed by atoms with Crippen molar-refractivity contribution < 1.29 is 4.79 Å². The first-order valence-corrected chi connectivity index (χ1v) is 7.57. The van der Waals surface area contributed by atoms with Gasteiger partial charge in [0.25, 0.3) is 0 Å². The van der Waals surface area contributed by atoms with Gasteiger partial charge in [-0.25, -0.2) is 0 Å². The SMILES string of the molecule is Cc1nn(CC(C)C(=O)Nc2c(C#N)cnn2C)c(C)c1Br. The van der Waals surface area contributed by atoms with Crippen molar-refractivity contribution in [3.8, 4) is 6.07 Å². The average molecular weight is 365 g/mol. The Kier molecular flexibility index (Phi) is 4.66. The van der Waals surface area contributed by atoms with Gasteiger partial charge in [-0.3, -0.25) is 14.2 Å². The van der Waals surface area contributed by atoms with Crippen LogP contribution in [0.2, 0.25) is 0 Å². The lowest BCUT2D eigenvalue weighted by molar-refractivity contribution is -0.119. The summed E-state index contributed by atoms with van der Waals surface area (Å²) in [6.07, 6.45) is 1.43. The molecule has 0 aromatic carbocycles. The summed E-state index contributed by atoms with van der Waals surface area (Å²) in [5.41, 5.74) is 2.22. The van der Waals surface area contributed by atoms with Crippen molar-refractivity contribution in [2.45, 2.75) is 27.3 Å². The minimum absolute atomic E-state index is 0.177. The molecule has 0 aliphatic heterocycles. The van der Waals surface area contributed by atoms with Crippen LogP contribution in [-0.2, 0) is 18.4 Å². The summed E-state index contributed by atoms with van der Waals surface area (Å²) in [4.78, 5) is 12.3. The number of rotatable bonds is 4. The number of nitriles is 1. The van der Waals surface area contributed by atoms with Gasteiger partial charge in [0.15, 0.2) is 0 Å². The molecule has 0 saturated heterocycles. The number of aromatic nitrogens is 4. The summed E-state index contributed by atoms with van der Waals surface area (Å²) < 4.78 is 4.24. The molecule has 0 saturated carbocycles. The summed E-state index contributed by atoms with van der Waals surface area (Å²) in [5.74, 6) is -0.0657. The van der Waals surface area contributed by atoms with Gasteiger partial charge < -0.3 is 5.32 Å². The van der Waals surface area contributed by atoms with Crippen molar-refractivity contribution in [2.24, 2.45) is 13.0 Å². The molecular weight excluding hydrogens is 348 g/mol. The molecule has 8 heteroatoms. The molecule has 0 aliphatic carbocycles. The molecule has 0 bridgehead atoms. The number of anilines is 1. The van der Waals surface area contributed by atoms with E-state index in [-0.39, 0.29) is 11.8 Å². The number of carbonyl (C=O) groups is 1. The third kappa shape index (κ3) is 3.04. The second-order valence-electron chi connectivity index (χ2n) is 5.20. The minimum Gasteiger partial charge on any atom is -0.310 e. The van der Waals surface area contributed by atoms with Gasteiger partial charge in [0.05, 0.1) is 28.8 Å². The second kappa shape index (κ2) is 6.32. The fourth-order valence-corrected chi connectivity index (χ4v) is 2.39. The van der Waals surface area contributed by atoms with Crippen molar-refractivity contribution in [3.63, 3.8) is 0 Å². The van der Waals surface area contributed by atoms with Gasteiger partial charge in [0.1, 0.15) is 17.5 Å². The largest absolute Gasteiger partial charge is 0.310 e. The number of nitrogens with zero attached hydrogens (tertiary/aromatic N) is 5. The Morgan fingerprint density at radius 3 is 2.77 bits per heavy atom. The standard InChI is InChI=1S/C14H17BrN6O/c1-8(7-21-10(3)12(15)9(2)19-21)14(22)18-13-11(5-16)6-17-20(13)4/h6,8H,7H2,1-4H3,(H,18,22). The molecule has 7 nitrogen and oxygen atoms in total. The van der Waals surface area contributed by atoms with Crippen LogP contribution in [-0.4, -0.2) is 25.5 Å². The van der Waals surface area contributed by atoms with Gasteiger partial charge in [-0.2, -0.15) is 15.5 Å². The maximum absolute atomic E-state index is 12.3. The lowest BCUT2D eigenvalue weighted by atomic mass is 10.1. The van der Waals surface area contributed by atoms with Crippen LogP contribution in [0.1, 0.15) is 23.9 Å². The Labute approximate surface area is 137 Å². The van der Waals surface area contributed by atoms with Crippen molar-refractivity contribution in [1.82, 2.24) is 19.6 Å². The van der Waals surface area contributed by atoms with E-state index in [1.54, 1.807) is 11.7 Å². The van der Waals surface area contributed by atoms with Crippen LogP contribution in [0, 0.1) is 31.1 Å². The van der Waals surface area contributed by atoms with E-state index in [9.17, 15) is 4.79 Å². The third-order valence-corrected chi connectivity index (χ3v) is 4.64. The Hall–Kier alpha value is -2.14. The Morgan fingerprint density at radius 2 is 2.23 bits per heavy atom. The van der Waals surface area contributed by atoms with Crippen LogP contribution >= 0.6 is 15.9 Å². The fraction of sp³-hybridized carbons (Fsp3) is 0.429. The molecule has 0 spiro atoms.